The summed E-state index contributed by atoms with van der Waals surface area (Å²) in [6.45, 7) is 0. The zero-order chi connectivity index (χ0) is 20.9. The van der Waals surface area contributed by atoms with Crippen LogP contribution < -0.4 is 0 Å². The first-order chi connectivity index (χ1) is 14.4. The Labute approximate surface area is 168 Å². The van der Waals surface area contributed by atoms with Crippen LogP contribution in [0.2, 0.25) is 0 Å². The molecule has 3 nitrogen and oxygen atoms in total. The van der Waals surface area contributed by atoms with Gasteiger partial charge in [-0.25, -0.2) is 9.07 Å². The summed E-state index contributed by atoms with van der Waals surface area (Å²) in [5.74, 6) is -0.435. The van der Waals surface area contributed by atoms with Gasteiger partial charge >= 0.3 is 6.18 Å². The molecule has 0 aliphatic rings. The van der Waals surface area contributed by atoms with Crippen LogP contribution in [0.5, 0.6) is 0 Å². The van der Waals surface area contributed by atoms with E-state index in [0.717, 1.165) is 17.7 Å². The van der Waals surface area contributed by atoms with E-state index in [9.17, 15) is 17.6 Å². The van der Waals surface area contributed by atoms with Crippen molar-refractivity contribution in [2.45, 2.75) is 6.18 Å². The van der Waals surface area contributed by atoms with E-state index in [1.165, 1.54) is 24.4 Å². The maximum Gasteiger partial charge on any atom is 0.416 e. The summed E-state index contributed by atoms with van der Waals surface area (Å²) in [5.41, 5.74) is 1.89. The highest BCUT2D eigenvalue weighted by atomic mass is 19.4. The van der Waals surface area contributed by atoms with E-state index < -0.39 is 17.6 Å². The van der Waals surface area contributed by atoms with Crippen molar-refractivity contribution < 1.29 is 17.6 Å². The van der Waals surface area contributed by atoms with Gasteiger partial charge in [-0.05, 0) is 30.3 Å². The largest absolute Gasteiger partial charge is 0.416 e. The normalized spacial score (nSPS) is 12.0. The summed E-state index contributed by atoms with van der Waals surface area (Å²) in [5, 5.41) is 5.84. The molecule has 0 bridgehead atoms. The molecule has 0 saturated heterocycles. The smallest absolute Gasteiger partial charge is 0.255 e. The maximum absolute atomic E-state index is 13.9. The number of hydrogen-bond acceptors (Lipinski definition) is 2. The fourth-order valence-corrected chi connectivity index (χ4v) is 3.56. The molecule has 0 fully saturated rings. The van der Waals surface area contributed by atoms with Crippen molar-refractivity contribution >= 4 is 21.8 Å². The van der Waals surface area contributed by atoms with Crippen LogP contribution in [-0.2, 0) is 6.18 Å². The van der Waals surface area contributed by atoms with E-state index in [1.54, 1.807) is 16.8 Å². The van der Waals surface area contributed by atoms with Gasteiger partial charge in [0.1, 0.15) is 11.5 Å². The van der Waals surface area contributed by atoms with E-state index >= 15 is 0 Å². The summed E-state index contributed by atoms with van der Waals surface area (Å²) in [4.78, 5) is 4.27. The molecule has 0 aliphatic heterocycles. The minimum atomic E-state index is -4.47. The minimum absolute atomic E-state index is 0.189. The number of benzene rings is 3. The number of halogens is 4. The Morgan fingerprint density at radius 3 is 2.33 bits per heavy atom. The van der Waals surface area contributed by atoms with Gasteiger partial charge in [0.15, 0.2) is 0 Å². The van der Waals surface area contributed by atoms with Crippen LogP contribution in [0.15, 0.2) is 79.0 Å². The monoisotopic (exact) mass is 407 g/mol. The SMILES string of the molecule is Fc1cccc(-n2nc(-c3ccccc3)c3cnc4cc(C(F)(F)F)ccc4c32)c1. The van der Waals surface area contributed by atoms with E-state index in [2.05, 4.69) is 10.1 Å². The van der Waals surface area contributed by atoms with Crippen molar-refractivity contribution in [1.29, 1.82) is 0 Å². The first-order valence-corrected chi connectivity index (χ1v) is 9.12. The number of aromatic nitrogens is 3. The molecule has 0 unspecified atom stereocenters. The predicted molar refractivity (Wildman–Crippen MR) is 107 cm³/mol. The average molecular weight is 407 g/mol. The van der Waals surface area contributed by atoms with Crippen molar-refractivity contribution in [3.8, 4) is 16.9 Å². The number of fused-ring (bicyclic) bond motifs is 3. The molecular weight excluding hydrogens is 394 g/mol. The average Bonchev–Trinajstić information content (AvgIpc) is 3.13. The Hall–Kier alpha value is -3.74. The van der Waals surface area contributed by atoms with E-state index in [4.69, 9.17) is 0 Å². The van der Waals surface area contributed by atoms with Crippen LogP contribution >= 0.6 is 0 Å². The summed E-state index contributed by atoms with van der Waals surface area (Å²) < 4.78 is 54.9. The van der Waals surface area contributed by atoms with Crippen LogP contribution in [0.1, 0.15) is 5.56 Å². The van der Waals surface area contributed by atoms with Crippen molar-refractivity contribution in [3.05, 3.63) is 90.4 Å². The molecule has 3 aromatic carbocycles. The lowest BCUT2D eigenvalue weighted by molar-refractivity contribution is -0.137. The van der Waals surface area contributed by atoms with Crippen molar-refractivity contribution in [2.24, 2.45) is 0 Å². The van der Waals surface area contributed by atoms with Crippen LogP contribution in [0.3, 0.4) is 0 Å². The van der Waals surface area contributed by atoms with Crippen LogP contribution in [-0.4, -0.2) is 14.8 Å². The lowest BCUT2D eigenvalue weighted by Gasteiger charge is -2.09. The Morgan fingerprint density at radius 2 is 1.60 bits per heavy atom. The first-order valence-electron chi connectivity index (χ1n) is 9.12. The zero-order valence-corrected chi connectivity index (χ0v) is 15.4. The van der Waals surface area contributed by atoms with Crippen molar-refractivity contribution in [1.82, 2.24) is 14.8 Å². The molecule has 2 aromatic heterocycles. The molecule has 0 radical (unpaired) electrons. The molecule has 0 amide bonds. The van der Waals surface area contributed by atoms with Crippen LogP contribution in [0, 0.1) is 5.82 Å². The molecule has 0 spiro atoms. The van der Waals surface area contributed by atoms with Gasteiger partial charge in [-0.1, -0.05) is 42.5 Å². The number of hydrogen-bond donors (Lipinski definition) is 0. The summed E-state index contributed by atoms with van der Waals surface area (Å²) >= 11 is 0. The molecule has 5 aromatic rings. The quantitative estimate of drug-likeness (QED) is 0.317. The van der Waals surface area contributed by atoms with E-state index in [0.29, 0.717) is 27.7 Å². The topological polar surface area (TPSA) is 30.7 Å². The predicted octanol–water partition coefficient (Wildman–Crippen LogP) is 6.40. The second kappa shape index (κ2) is 6.66. The number of pyridine rings is 1. The van der Waals surface area contributed by atoms with Gasteiger partial charge in [0.2, 0.25) is 0 Å². The van der Waals surface area contributed by atoms with E-state index in [-0.39, 0.29) is 5.52 Å². The molecular formula is C23H13F4N3. The third-order valence-electron chi connectivity index (χ3n) is 4.93. The lowest BCUT2D eigenvalue weighted by atomic mass is 10.1. The van der Waals surface area contributed by atoms with Crippen LogP contribution in [0.4, 0.5) is 17.6 Å². The van der Waals surface area contributed by atoms with E-state index in [1.807, 2.05) is 30.3 Å². The van der Waals surface area contributed by atoms with Crippen molar-refractivity contribution in [3.63, 3.8) is 0 Å². The van der Waals surface area contributed by atoms with Gasteiger partial charge in [0.05, 0.1) is 22.3 Å². The van der Waals surface area contributed by atoms with Gasteiger partial charge in [0.25, 0.3) is 0 Å². The molecule has 7 heteroatoms. The van der Waals surface area contributed by atoms with Gasteiger partial charge in [-0.3, -0.25) is 4.98 Å². The Balaban J connectivity index is 1.87. The molecule has 0 N–H and O–H groups in total. The molecule has 0 saturated carbocycles. The van der Waals surface area contributed by atoms with Gasteiger partial charge < -0.3 is 0 Å². The van der Waals surface area contributed by atoms with Gasteiger partial charge in [-0.15, -0.1) is 0 Å². The second-order valence-corrected chi connectivity index (χ2v) is 6.86. The third-order valence-corrected chi connectivity index (χ3v) is 4.93. The number of alkyl halides is 3. The first kappa shape index (κ1) is 18.3. The zero-order valence-electron chi connectivity index (χ0n) is 15.4. The third kappa shape index (κ3) is 2.99. The Bertz CT molecular complexity index is 1390. The van der Waals surface area contributed by atoms with Crippen molar-refractivity contribution in [2.75, 3.05) is 0 Å². The highest BCUT2D eigenvalue weighted by molar-refractivity contribution is 6.08. The number of nitrogens with zero attached hydrogens (tertiary/aromatic N) is 3. The van der Waals surface area contributed by atoms with Gasteiger partial charge in [-0.2, -0.15) is 18.3 Å². The molecule has 148 valence electrons. The molecule has 0 atom stereocenters. The fourth-order valence-electron chi connectivity index (χ4n) is 3.56. The molecule has 30 heavy (non-hydrogen) atoms. The van der Waals surface area contributed by atoms with Gasteiger partial charge in [0, 0.05) is 22.5 Å². The molecule has 2 heterocycles. The fraction of sp³-hybridized carbons (Fsp3) is 0.0435. The highest BCUT2D eigenvalue weighted by Crippen LogP contribution is 2.36. The minimum Gasteiger partial charge on any atom is -0.255 e. The highest BCUT2D eigenvalue weighted by Gasteiger charge is 2.31. The Morgan fingerprint density at radius 1 is 0.800 bits per heavy atom. The summed E-state index contributed by atoms with van der Waals surface area (Å²) in [6, 6.07) is 18.7. The molecule has 0 aliphatic carbocycles. The summed E-state index contributed by atoms with van der Waals surface area (Å²) in [7, 11) is 0. The maximum atomic E-state index is 13.9. The standard InChI is InChI=1S/C23H13F4N3/c24-16-7-4-8-17(12-16)30-22-18-10-9-15(23(25,26)27)11-20(18)28-13-19(22)21(29-30)14-5-2-1-3-6-14/h1-13H. The lowest BCUT2D eigenvalue weighted by Crippen LogP contribution is -2.04. The second-order valence-electron chi connectivity index (χ2n) is 6.86. The molecule has 5 rings (SSSR count). The summed E-state index contributed by atoms with van der Waals surface area (Å²) in [6.07, 6.45) is -2.95. The number of rotatable bonds is 2. The Kier molecular flexibility index (Phi) is 4.06. The van der Waals surface area contributed by atoms with Crippen LogP contribution in [0.25, 0.3) is 38.8 Å².